The normalized spacial score (nSPS) is 20.8. The number of aliphatic hydroxyl groups excluding tert-OH is 2. The number of aryl methyl sites for hydroxylation is 1. The zero-order chi connectivity index (χ0) is 16.7. The van der Waals surface area contributed by atoms with Crippen molar-refractivity contribution in [2.45, 2.75) is 45.3 Å². The van der Waals surface area contributed by atoms with Crippen molar-refractivity contribution in [2.75, 3.05) is 20.8 Å². The zero-order valence-electron chi connectivity index (χ0n) is 13.6. The molecule has 6 heteroatoms. The number of pyridine rings is 1. The number of nitrogens with zero attached hydrogens (tertiary/aromatic N) is 1. The SMILES string of the molecule is CCOC(=O)c1cc(C)c2c(n1)C1CCC(C2)O1.CO.CO. The van der Waals surface area contributed by atoms with Gasteiger partial charge in [-0.3, -0.25) is 0 Å². The summed E-state index contributed by atoms with van der Waals surface area (Å²) in [6.45, 7) is 4.21. The van der Waals surface area contributed by atoms with Crippen LogP contribution in [-0.2, 0) is 15.9 Å². The molecule has 6 nitrogen and oxygen atoms in total. The fourth-order valence-electron chi connectivity index (χ4n) is 2.85. The highest BCUT2D eigenvalue weighted by Gasteiger charge is 2.36. The third-order valence-electron chi connectivity index (χ3n) is 3.71. The third-order valence-corrected chi connectivity index (χ3v) is 3.71. The summed E-state index contributed by atoms with van der Waals surface area (Å²) >= 11 is 0. The van der Waals surface area contributed by atoms with Crippen molar-refractivity contribution in [1.82, 2.24) is 4.98 Å². The molecule has 1 saturated heterocycles. The van der Waals surface area contributed by atoms with Gasteiger partial charge in [0.1, 0.15) is 11.8 Å². The molecule has 0 spiro atoms. The Hall–Kier alpha value is -1.50. The van der Waals surface area contributed by atoms with E-state index in [4.69, 9.17) is 19.7 Å². The lowest BCUT2D eigenvalue weighted by atomic mass is 9.98. The highest BCUT2D eigenvalue weighted by atomic mass is 16.5. The second-order valence-corrected chi connectivity index (χ2v) is 4.94. The first-order valence-corrected chi connectivity index (χ1v) is 7.41. The number of ether oxygens (including phenoxy) is 2. The van der Waals surface area contributed by atoms with E-state index in [0.29, 0.717) is 18.4 Å². The van der Waals surface area contributed by atoms with E-state index < -0.39 is 0 Å². The first-order valence-electron chi connectivity index (χ1n) is 7.41. The fourth-order valence-corrected chi connectivity index (χ4v) is 2.85. The van der Waals surface area contributed by atoms with Crippen LogP contribution in [0.3, 0.4) is 0 Å². The molecule has 2 unspecified atom stereocenters. The summed E-state index contributed by atoms with van der Waals surface area (Å²) in [6.07, 6.45) is 3.45. The van der Waals surface area contributed by atoms with Gasteiger partial charge in [0.2, 0.25) is 0 Å². The molecule has 1 aromatic heterocycles. The summed E-state index contributed by atoms with van der Waals surface area (Å²) in [4.78, 5) is 16.2. The third kappa shape index (κ3) is 3.82. The Morgan fingerprint density at radius 3 is 2.68 bits per heavy atom. The molecule has 3 rings (SSSR count). The van der Waals surface area contributed by atoms with Crippen LogP contribution < -0.4 is 0 Å². The number of carbonyl (C=O) groups is 1. The maximum atomic E-state index is 11.8. The van der Waals surface area contributed by atoms with Crippen molar-refractivity contribution < 1.29 is 24.5 Å². The lowest BCUT2D eigenvalue weighted by molar-refractivity contribution is 0.0287. The summed E-state index contributed by atoms with van der Waals surface area (Å²) < 4.78 is 10.9. The van der Waals surface area contributed by atoms with Gasteiger partial charge in [-0.25, -0.2) is 9.78 Å². The van der Waals surface area contributed by atoms with Crippen LogP contribution in [0.15, 0.2) is 6.07 Å². The summed E-state index contributed by atoms with van der Waals surface area (Å²) in [5, 5.41) is 14.0. The molecule has 3 heterocycles. The van der Waals surface area contributed by atoms with Gasteiger partial charge in [0.05, 0.1) is 18.4 Å². The average molecular weight is 311 g/mol. The van der Waals surface area contributed by atoms with Crippen LogP contribution in [0.4, 0.5) is 0 Å². The second kappa shape index (κ2) is 8.82. The summed E-state index contributed by atoms with van der Waals surface area (Å²) in [6, 6.07) is 1.83. The van der Waals surface area contributed by atoms with Gasteiger partial charge >= 0.3 is 5.97 Å². The fraction of sp³-hybridized carbons (Fsp3) is 0.625. The molecule has 1 fully saturated rings. The first kappa shape index (κ1) is 18.5. The number of rotatable bonds is 2. The van der Waals surface area contributed by atoms with Crippen molar-refractivity contribution in [3.05, 3.63) is 28.6 Å². The van der Waals surface area contributed by atoms with Crippen LogP contribution in [0.5, 0.6) is 0 Å². The Labute approximate surface area is 131 Å². The highest BCUT2D eigenvalue weighted by molar-refractivity contribution is 5.87. The predicted molar refractivity (Wildman–Crippen MR) is 81.8 cm³/mol. The molecule has 0 amide bonds. The quantitative estimate of drug-likeness (QED) is 0.806. The Kier molecular flexibility index (Phi) is 7.44. The number of aromatic nitrogens is 1. The van der Waals surface area contributed by atoms with E-state index in [0.717, 1.165) is 44.7 Å². The van der Waals surface area contributed by atoms with E-state index in [2.05, 4.69) is 4.98 Å². The van der Waals surface area contributed by atoms with Gasteiger partial charge in [0, 0.05) is 20.6 Å². The molecule has 2 N–H and O–H groups in total. The minimum absolute atomic E-state index is 0.0758. The van der Waals surface area contributed by atoms with Gasteiger partial charge < -0.3 is 19.7 Å². The monoisotopic (exact) mass is 311 g/mol. The van der Waals surface area contributed by atoms with E-state index in [1.807, 2.05) is 13.0 Å². The summed E-state index contributed by atoms with van der Waals surface area (Å²) in [5.41, 5.74) is 3.75. The number of esters is 1. The minimum atomic E-state index is -0.344. The van der Waals surface area contributed by atoms with E-state index >= 15 is 0 Å². The molecule has 2 aliphatic heterocycles. The van der Waals surface area contributed by atoms with Gasteiger partial charge in [-0.15, -0.1) is 0 Å². The van der Waals surface area contributed by atoms with Gasteiger partial charge in [0.25, 0.3) is 0 Å². The molecular formula is C16H25NO5. The Morgan fingerprint density at radius 2 is 2.05 bits per heavy atom. The van der Waals surface area contributed by atoms with Crippen LogP contribution in [0.2, 0.25) is 0 Å². The second-order valence-electron chi connectivity index (χ2n) is 4.94. The molecule has 2 atom stereocenters. The molecule has 0 saturated carbocycles. The average Bonchev–Trinajstić information content (AvgIpc) is 2.95. The summed E-state index contributed by atoms with van der Waals surface area (Å²) in [5.74, 6) is -0.344. The molecule has 0 radical (unpaired) electrons. The molecule has 124 valence electrons. The van der Waals surface area contributed by atoms with E-state index in [9.17, 15) is 4.79 Å². The van der Waals surface area contributed by atoms with Crippen molar-refractivity contribution in [3.63, 3.8) is 0 Å². The van der Waals surface area contributed by atoms with Crippen molar-refractivity contribution in [2.24, 2.45) is 0 Å². The maximum Gasteiger partial charge on any atom is 0.356 e. The van der Waals surface area contributed by atoms with Crippen LogP contribution in [-0.4, -0.2) is 48.1 Å². The molecular weight excluding hydrogens is 286 g/mol. The Balaban J connectivity index is 0.000000561. The lowest BCUT2D eigenvalue weighted by Crippen LogP contribution is -2.22. The number of aliphatic hydroxyl groups is 2. The molecule has 2 aliphatic rings. The minimum Gasteiger partial charge on any atom is -0.461 e. The van der Waals surface area contributed by atoms with E-state index in [-0.39, 0.29) is 12.1 Å². The molecule has 2 bridgehead atoms. The number of fused-ring (bicyclic) bond motifs is 4. The molecule has 22 heavy (non-hydrogen) atoms. The van der Waals surface area contributed by atoms with Gasteiger partial charge in [0.15, 0.2) is 0 Å². The van der Waals surface area contributed by atoms with E-state index in [1.54, 1.807) is 6.92 Å². The number of carbonyl (C=O) groups excluding carboxylic acids is 1. The Bertz CT molecular complexity index is 504. The van der Waals surface area contributed by atoms with Crippen LogP contribution in [0.25, 0.3) is 0 Å². The smallest absolute Gasteiger partial charge is 0.356 e. The Morgan fingerprint density at radius 1 is 1.36 bits per heavy atom. The number of hydrogen-bond donors (Lipinski definition) is 2. The zero-order valence-corrected chi connectivity index (χ0v) is 13.6. The van der Waals surface area contributed by atoms with Gasteiger partial charge in [-0.05, 0) is 43.9 Å². The molecule has 1 aromatic rings. The van der Waals surface area contributed by atoms with Gasteiger partial charge in [-0.2, -0.15) is 0 Å². The van der Waals surface area contributed by atoms with Crippen molar-refractivity contribution in [3.8, 4) is 0 Å². The molecule has 0 aliphatic carbocycles. The first-order chi connectivity index (χ1) is 10.7. The predicted octanol–water partition coefficient (Wildman–Crippen LogP) is 1.56. The van der Waals surface area contributed by atoms with Crippen molar-refractivity contribution in [1.29, 1.82) is 0 Å². The highest BCUT2D eigenvalue weighted by Crippen LogP contribution is 2.41. The number of hydrogen-bond acceptors (Lipinski definition) is 6. The standard InChI is InChI=1S/C14H17NO3.2CH4O/c1-3-17-14(16)11-6-8(2)10-7-9-4-5-12(18-9)13(10)15-11;2*1-2/h6,9,12H,3-5,7H2,1-2H3;2*2H,1H3. The topological polar surface area (TPSA) is 88.9 Å². The van der Waals surface area contributed by atoms with Crippen LogP contribution in [0, 0.1) is 6.92 Å². The maximum absolute atomic E-state index is 11.8. The van der Waals surface area contributed by atoms with E-state index in [1.165, 1.54) is 5.56 Å². The van der Waals surface area contributed by atoms with Crippen LogP contribution >= 0.6 is 0 Å². The van der Waals surface area contributed by atoms with Crippen LogP contribution in [0.1, 0.15) is 53.2 Å². The molecule has 0 aromatic carbocycles. The van der Waals surface area contributed by atoms with Gasteiger partial charge in [-0.1, -0.05) is 0 Å². The van der Waals surface area contributed by atoms with Crippen molar-refractivity contribution >= 4 is 5.97 Å². The largest absolute Gasteiger partial charge is 0.461 e. The lowest BCUT2D eigenvalue weighted by Gasteiger charge is -2.24. The summed E-state index contributed by atoms with van der Waals surface area (Å²) in [7, 11) is 2.00.